The van der Waals surface area contributed by atoms with E-state index in [9.17, 15) is 9.59 Å². The summed E-state index contributed by atoms with van der Waals surface area (Å²) in [4.78, 5) is 27.6. The molecule has 0 aliphatic carbocycles. The van der Waals surface area contributed by atoms with Gasteiger partial charge in [0.15, 0.2) is 0 Å². The largest absolute Gasteiger partial charge is 0.378 e. The third-order valence-corrected chi connectivity index (χ3v) is 5.08. The maximum atomic E-state index is 12.9. The number of nitrogens with one attached hydrogen (secondary N) is 2. The molecule has 6 nitrogen and oxygen atoms in total. The van der Waals surface area contributed by atoms with E-state index >= 15 is 0 Å². The summed E-state index contributed by atoms with van der Waals surface area (Å²) < 4.78 is 5.39. The third kappa shape index (κ3) is 5.71. The maximum Gasteiger partial charge on any atom is 0.251 e. The number of hydrogen-bond acceptors (Lipinski definition) is 4. The van der Waals surface area contributed by atoms with Crippen molar-refractivity contribution in [3.63, 3.8) is 0 Å². The minimum Gasteiger partial charge on any atom is -0.378 e. The highest BCUT2D eigenvalue weighted by molar-refractivity contribution is 6.30. The van der Waals surface area contributed by atoms with E-state index in [-0.39, 0.29) is 17.7 Å². The molecule has 7 heteroatoms. The van der Waals surface area contributed by atoms with Crippen molar-refractivity contribution in [2.45, 2.75) is 19.9 Å². The molecule has 154 valence electrons. The van der Waals surface area contributed by atoms with Gasteiger partial charge in [-0.2, -0.15) is 0 Å². The van der Waals surface area contributed by atoms with E-state index < -0.39 is 6.04 Å². The van der Waals surface area contributed by atoms with E-state index in [1.165, 1.54) is 0 Å². The van der Waals surface area contributed by atoms with Crippen LogP contribution in [-0.2, 0) is 9.53 Å². The number of amides is 2. The second-order valence-electron chi connectivity index (χ2n) is 7.34. The van der Waals surface area contributed by atoms with Gasteiger partial charge in [-0.3, -0.25) is 9.59 Å². The van der Waals surface area contributed by atoms with Gasteiger partial charge in [-0.05, 0) is 48.4 Å². The fourth-order valence-electron chi connectivity index (χ4n) is 3.18. The van der Waals surface area contributed by atoms with Crippen LogP contribution in [0.25, 0.3) is 0 Å². The summed E-state index contributed by atoms with van der Waals surface area (Å²) in [5.74, 6) is -0.632. The van der Waals surface area contributed by atoms with Gasteiger partial charge < -0.3 is 20.3 Å². The standard InChI is InChI=1S/C22H26ClN3O3/c1-15(2)20(25-21(27)16-6-8-17(23)9-7-16)22(28)24-18-4-3-5-19(14-18)26-10-12-29-13-11-26/h3-9,14-15,20H,10-13H2,1-2H3,(H,24,28)(H,25,27). The summed E-state index contributed by atoms with van der Waals surface area (Å²) in [6.07, 6.45) is 0. The van der Waals surface area contributed by atoms with Crippen molar-refractivity contribution in [3.05, 3.63) is 59.1 Å². The highest BCUT2D eigenvalue weighted by Crippen LogP contribution is 2.21. The second kappa shape index (κ2) is 9.76. The van der Waals surface area contributed by atoms with E-state index in [2.05, 4.69) is 15.5 Å². The van der Waals surface area contributed by atoms with E-state index in [0.717, 1.165) is 18.8 Å². The van der Waals surface area contributed by atoms with Crippen molar-refractivity contribution in [2.75, 3.05) is 36.5 Å². The summed E-state index contributed by atoms with van der Waals surface area (Å²) in [6.45, 7) is 6.84. The Bertz CT molecular complexity index is 849. The number of halogens is 1. The number of benzene rings is 2. The van der Waals surface area contributed by atoms with E-state index in [1.54, 1.807) is 24.3 Å². The highest BCUT2D eigenvalue weighted by atomic mass is 35.5. The Labute approximate surface area is 176 Å². The zero-order valence-electron chi connectivity index (χ0n) is 16.7. The van der Waals surface area contributed by atoms with Gasteiger partial charge >= 0.3 is 0 Å². The van der Waals surface area contributed by atoms with E-state index in [0.29, 0.717) is 29.5 Å². The fourth-order valence-corrected chi connectivity index (χ4v) is 3.31. The normalized spacial score (nSPS) is 15.1. The van der Waals surface area contributed by atoms with Crippen LogP contribution in [0.5, 0.6) is 0 Å². The number of ether oxygens (including phenoxy) is 1. The summed E-state index contributed by atoms with van der Waals surface area (Å²) in [6, 6.07) is 13.6. The van der Waals surface area contributed by atoms with Crippen LogP contribution < -0.4 is 15.5 Å². The Balaban J connectivity index is 1.68. The van der Waals surface area contributed by atoms with Crippen LogP contribution in [0.3, 0.4) is 0 Å². The molecule has 2 amide bonds. The fraction of sp³-hybridized carbons (Fsp3) is 0.364. The van der Waals surface area contributed by atoms with E-state index in [4.69, 9.17) is 16.3 Å². The molecule has 29 heavy (non-hydrogen) atoms. The minimum atomic E-state index is -0.662. The lowest BCUT2D eigenvalue weighted by Crippen LogP contribution is -2.47. The molecule has 1 aliphatic rings. The molecular formula is C22H26ClN3O3. The molecular weight excluding hydrogens is 390 g/mol. The second-order valence-corrected chi connectivity index (χ2v) is 7.78. The molecule has 0 saturated carbocycles. The average molecular weight is 416 g/mol. The van der Waals surface area contributed by atoms with Crippen molar-refractivity contribution in [1.82, 2.24) is 5.32 Å². The average Bonchev–Trinajstić information content (AvgIpc) is 2.73. The molecule has 0 aromatic heterocycles. The van der Waals surface area contributed by atoms with Crippen molar-refractivity contribution in [1.29, 1.82) is 0 Å². The maximum absolute atomic E-state index is 12.9. The summed E-state index contributed by atoms with van der Waals surface area (Å²) in [5, 5.41) is 6.32. The molecule has 3 rings (SSSR count). The van der Waals surface area contributed by atoms with E-state index in [1.807, 2.05) is 38.1 Å². The molecule has 2 aromatic rings. The number of nitrogens with zero attached hydrogens (tertiary/aromatic N) is 1. The first-order valence-corrected chi connectivity index (χ1v) is 10.1. The minimum absolute atomic E-state index is 0.0753. The SMILES string of the molecule is CC(C)C(NC(=O)c1ccc(Cl)cc1)C(=O)Nc1cccc(N2CCOCC2)c1. The Kier molecular flexibility index (Phi) is 7.12. The van der Waals surface area contributed by atoms with Gasteiger partial charge in [0.1, 0.15) is 6.04 Å². The quantitative estimate of drug-likeness (QED) is 0.756. The summed E-state index contributed by atoms with van der Waals surface area (Å²) >= 11 is 5.88. The third-order valence-electron chi connectivity index (χ3n) is 4.83. The van der Waals surface area contributed by atoms with Gasteiger partial charge in [-0.1, -0.05) is 31.5 Å². The van der Waals surface area contributed by atoms with Crippen molar-refractivity contribution < 1.29 is 14.3 Å². The van der Waals surface area contributed by atoms with Crippen LogP contribution in [0.15, 0.2) is 48.5 Å². The number of anilines is 2. The monoisotopic (exact) mass is 415 g/mol. The first kappa shape index (κ1) is 21.1. The van der Waals surface area contributed by atoms with Crippen molar-refractivity contribution in [3.8, 4) is 0 Å². The van der Waals surface area contributed by atoms with Crippen LogP contribution in [0.1, 0.15) is 24.2 Å². The van der Waals surface area contributed by atoms with Gasteiger partial charge in [-0.25, -0.2) is 0 Å². The van der Waals surface area contributed by atoms with Crippen LogP contribution >= 0.6 is 11.6 Å². The van der Waals surface area contributed by atoms with Gasteiger partial charge in [0, 0.05) is 35.1 Å². The Hall–Kier alpha value is -2.57. The van der Waals surface area contributed by atoms with Crippen LogP contribution in [0.4, 0.5) is 11.4 Å². The number of carbonyl (C=O) groups is 2. The van der Waals surface area contributed by atoms with Gasteiger partial charge in [0.25, 0.3) is 5.91 Å². The van der Waals surface area contributed by atoms with Crippen LogP contribution in [0, 0.1) is 5.92 Å². The summed E-state index contributed by atoms with van der Waals surface area (Å²) in [7, 11) is 0. The smallest absolute Gasteiger partial charge is 0.251 e. The molecule has 1 heterocycles. The molecule has 0 spiro atoms. The first-order valence-electron chi connectivity index (χ1n) is 9.74. The molecule has 2 aromatic carbocycles. The van der Waals surface area contributed by atoms with Gasteiger partial charge in [-0.15, -0.1) is 0 Å². The Morgan fingerprint density at radius 2 is 1.76 bits per heavy atom. The Morgan fingerprint density at radius 3 is 2.41 bits per heavy atom. The lowest BCUT2D eigenvalue weighted by atomic mass is 10.0. The predicted molar refractivity (Wildman–Crippen MR) is 116 cm³/mol. The molecule has 1 saturated heterocycles. The van der Waals surface area contributed by atoms with Crippen molar-refractivity contribution in [2.24, 2.45) is 5.92 Å². The molecule has 0 radical (unpaired) electrons. The van der Waals surface area contributed by atoms with Crippen LogP contribution in [-0.4, -0.2) is 44.2 Å². The molecule has 0 bridgehead atoms. The van der Waals surface area contributed by atoms with Gasteiger partial charge in [0.2, 0.25) is 5.91 Å². The highest BCUT2D eigenvalue weighted by Gasteiger charge is 2.25. The van der Waals surface area contributed by atoms with Gasteiger partial charge in [0.05, 0.1) is 13.2 Å². The zero-order valence-corrected chi connectivity index (χ0v) is 17.4. The first-order chi connectivity index (χ1) is 13.9. The zero-order chi connectivity index (χ0) is 20.8. The molecule has 2 N–H and O–H groups in total. The topological polar surface area (TPSA) is 70.7 Å². The number of carbonyl (C=O) groups excluding carboxylic acids is 2. The predicted octanol–water partition coefficient (Wildman–Crippen LogP) is 3.57. The van der Waals surface area contributed by atoms with Crippen LogP contribution in [0.2, 0.25) is 5.02 Å². The number of hydrogen-bond donors (Lipinski definition) is 2. The Morgan fingerprint density at radius 1 is 1.07 bits per heavy atom. The molecule has 1 aliphatic heterocycles. The lowest BCUT2D eigenvalue weighted by molar-refractivity contribution is -0.118. The molecule has 1 atom stereocenters. The number of morpholine rings is 1. The number of rotatable bonds is 6. The molecule has 1 fully saturated rings. The summed E-state index contributed by atoms with van der Waals surface area (Å²) in [5.41, 5.74) is 2.20. The molecule has 1 unspecified atom stereocenters. The lowest BCUT2D eigenvalue weighted by Gasteiger charge is -2.29. The van der Waals surface area contributed by atoms with Crippen molar-refractivity contribution >= 4 is 34.8 Å².